The minimum absolute atomic E-state index is 0.0820. The van der Waals surface area contributed by atoms with Gasteiger partial charge < -0.3 is 9.88 Å². The predicted octanol–water partition coefficient (Wildman–Crippen LogP) is 1.59. The van der Waals surface area contributed by atoms with Gasteiger partial charge in [-0.2, -0.15) is 0 Å². The first-order valence-electron chi connectivity index (χ1n) is 5.67. The fourth-order valence-electron chi connectivity index (χ4n) is 2.09. The van der Waals surface area contributed by atoms with Gasteiger partial charge in [0.25, 0.3) is 5.56 Å². The lowest BCUT2D eigenvalue weighted by molar-refractivity contribution is 0.532. The first-order valence-corrected chi connectivity index (χ1v) is 5.67. The average Bonchev–Trinajstić information content (AvgIpc) is 2.50. The second kappa shape index (κ2) is 4.62. The fraction of sp³-hybridized carbons (Fsp3) is 0.583. The smallest absolute Gasteiger partial charge is 0.250 e. The number of pyridine rings is 1. The van der Waals surface area contributed by atoms with Crippen LogP contribution in [-0.2, 0) is 7.05 Å². The SMILES string of the molecule is Cn1ccc(C2CCCCCN2)cc1=O. The summed E-state index contributed by atoms with van der Waals surface area (Å²) in [5.74, 6) is 0. The van der Waals surface area contributed by atoms with E-state index in [9.17, 15) is 4.79 Å². The van der Waals surface area contributed by atoms with Crippen LogP contribution in [0.5, 0.6) is 0 Å². The summed E-state index contributed by atoms with van der Waals surface area (Å²) in [6.07, 6.45) is 6.81. The third-order valence-corrected chi connectivity index (χ3v) is 3.09. The minimum atomic E-state index is 0.0820. The van der Waals surface area contributed by atoms with Crippen LogP contribution in [0.2, 0.25) is 0 Å². The Bertz CT molecular complexity index is 375. The van der Waals surface area contributed by atoms with Crippen LogP contribution in [0.3, 0.4) is 0 Å². The Morgan fingerprint density at radius 1 is 1.40 bits per heavy atom. The zero-order chi connectivity index (χ0) is 10.7. The van der Waals surface area contributed by atoms with Crippen molar-refractivity contribution in [2.45, 2.75) is 31.7 Å². The second-order valence-corrected chi connectivity index (χ2v) is 4.27. The summed E-state index contributed by atoms with van der Waals surface area (Å²) >= 11 is 0. The molecule has 0 radical (unpaired) electrons. The normalized spacial score (nSPS) is 22.3. The van der Waals surface area contributed by atoms with Crippen molar-refractivity contribution in [3.05, 3.63) is 34.2 Å². The highest BCUT2D eigenvalue weighted by molar-refractivity contribution is 5.16. The lowest BCUT2D eigenvalue weighted by atomic mass is 10.0. The molecule has 0 amide bonds. The van der Waals surface area contributed by atoms with Crippen LogP contribution in [0, 0.1) is 0 Å². The van der Waals surface area contributed by atoms with Gasteiger partial charge in [-0.05, 0) is 31.0 Å². The number of nitrogens with zero attached hydrogens (tertiary/aromatic N) is 1. The van der Waals surface area contributed by atoms with Crippen LogP contribution in [0.15, 0.2) is 23.1 Å². The lowest BCUT2D eigenvalue weighted by Gasteiger charge is -2.16. The highest BCUT2D eigenvalue weighted by atomic mass is 16.1. The third-order valence-electron chi connectivity index (χ3n) is 3.09. The third kappa shape index (κ3) is 2.48. The van der Waals surface area contributed by atoms with Crippen molar-refractivity contribution < 1.29 is 0 Å². The summed E-state index contributed by atoms with van der Waals surface area (Å²) in [6, 6.07) is 4.18. The molecule has 1 fully saturated rings. The predicted molar refractivity (Wildman–Crippen MR) is 60.9 cm³/mol. The molecule has 1 aromatic heterocycles. The van der Waals surface area contributed by atoms with E-state index in [1.807, 2.05) is 12.3 Å². The first-order chi connectivity index (χ1) is 7.27. The number of hydrogen-bond acceptors (Lipinski definition) is 2. The first kappa shape index (κ1) is 10.4. The van der Waals surface area contributed by atoms with Gasteiger partial charge in [-0.15, -0.1) is 0 Å². The van der Waals surface area contributed by atoms with Crippen LogP contribution in [0.4, 0.5) is 0 Å². The summed E-state index contributed by atoms with van der Waals surface area (Å²) < 4.78 is 1.61. The summed E-state index contributed by atoms with van der Waals surface area (Å²) in [7, 11) is 1.78. The average molecular weight is 206 g/mol. The molecule has 1 N–H and O–H groups in total. The molecule has 0 saturated carbocycles. The van der Waals surface area contributed by atoms with E-state index < -0.39 is 0 Å². The van der Waals surface area contributed by atoms with E-state index >= 15 is 0 Å². The van der Waals surface area contributed by atoms with Crippen molar-refractivity contribution in [2.75, 3.05) is 6.54 Å². The van der Waals surface area contributed by atoms with Gasteiger partial charge in [0.05, 0.1) is 0 Å². The van der Waals surface area contributed by atoms with Crippen molar-refractivity contribution >= 4 is 0 Å². The molecule has 1 unspecified atom stereocenters. The number of hydrogen-bond donors (Lipinski definition) is 1. The van der Waals surface area contributed by atoms with Crippen molar-refractivity contribution in [3.63, 3.8) is 0 Å². The Kier molecular flexibility index (Phi) is 3.21. The standard InChI is InChI=1S/C12H18N2O/c1-14-8-6-10(9-12(14)15)11-5-3-2-4-7-13-11/h6,8-9,11,13H,2-5,7H2,1H3. The van der Waals surface area contributed by atoms with Crippen molar-refractivity contribution in [1.29, 1.82) is 0 Å². The molecule has 1 aromatic rings. The molecule has 0 aromatic carbocycles. The van der Waals surface area contributed by atoms with E-state index in [1.54, 1.807) is 17.7 Å². The maximum absolute atomic E-state index is 11.5. The van der Waals surface area contributed by atoms with Gasteiger partial charge in [0, 0.05) is 25.4 Å². The molecule has 1 saturated heterocycles. The van der Waals surface area contributed by atoms with Gasteiger partial charge >= 0.3 is 0 Å². The molecule has 3 nitrogen and oxygen atoms in total. The Labute approximate surface area is 90.1 Å². The molecule has 1 aliphatic heterocycles. The number of nitrogens with one attached hydrogen (secondary N) is 1. The molecule has 2 rings (SSSR count). The second-order valence-electron chi connectivity index (χ2n) is 4.27. The molecule has 3 heteroatoms. The van der Waals surface area contributed by atoms with Gasteiger partial charge in [-0.3, -0.25) is 4.79 Å². The van der Waals surface area contributed by atoms with Gasteiger partial charge in [0.15, 0.2) is 0 Å². The van der Waals surface area contributed by atoms with E-state index in [2.05, 4.69) is 5.32 Å². The quantitative estimate of drug-likeness (QED) is 0.757. The molecular formula is C12H18N2O. The number of aryl methyl sites for hydroxylation is 1. The number of aromatic nitrogens is 1. The van der Waals surface area contributed by atoms with Gasteiger partial charge in [-0.1, -0.05) is 12.8 Å². The van der Waals surface area contributed by atoms with Crippen molar-refractivity contribution in [1.82, 2.24) is 9.88 Å². The van der Waals surface area contributed by atoms with Gasteiger partial charge in [0.1, 0.15) is 0 Å². The van der Waals surface area contributed by atoms with E-state index in [-0.39, 0.29) is 5.56 Å². The van der Waals surface area contributed by atoms with Gasteiger partial charge in [-0.25, -0.2) is 0 Å². The molecule has 2 heterocycles. The molecule has 0 aliphatic carbocycles. The molecule has 82 valence electrons. The minimum Gasteiger partial charge on any atom is -0.319 e. The molecular weight excluding hydrogens is 188 g/mol. The summed E-state index contributed by atoms with van der Waals surface area (Å²) in [6.45, 7) is 1.07. The zero-order valence-electron chi connectivity index (χ0n) is 9.20. The summed E-state index contributed by atoms with van der Waals surface area (Å²) in [5.41, 5.74) is 1.22. The molecule has 0 bridgehead atoms. The Morgan fingerprint density at radius 2 is 2.27 bits per heavy atom. The maximum atomic E-state index is 11.5. The maximum Gasteiger partial charge on any atom is 0.250 e. The van der Waals surface area contributed by atoms with Crippen molar-refractivity contribution in [3.8, 4) is 0 Å². The number of rotatable bonds is 1. The van der Waals surface area contributed by atoms with E-state index in [0.717, 1.165) is 18.5 Å². The van der Waals surface area contributed by atoms with Crippen LogP contribution in [0.25, 0.3) is 0 Å². The van der Waals surface area contributed by atoms with Crippen LogP contribution < -0.4 is 10.9 Å². The monoisotopic (exact) mass is 206 g/mol. The van der Waals surface area contributed by atoms with E-state index in [0.29, 0.717) is 6.04 Å². The largest absolute Gasteiger partial charge is 0.319 e. The Morgan fingerprint density at radius 3 is 3.07 bits per heavy atom. The Hall–Kier alpha value is -1.09. The van der Waals surface area contributed by atoms with Crippen LogP contribution in [0.1, 0.15) is 37.3 Å². The van der Waals surface area contributed by atoms with E-state index in [4.69, 9.17) is 0 Å². The lowest BCUT2D eigenvalue weighted by Crippen LogP contribution is -2.23. The molecule has 0 spiro atoms. The summed E-state index contributed by atoms with van der Waals surface area (Å²) in [5, 5.41) is 3.50. The fourth-order valence-corrected chi connectivity index (χ4v) is 2.09. The highest BCUT2D eigenvalue weighted by Crippen LogP contribution is 2.21. The summed E-state index contributed by atoms with van der Waals surface area (Å²) in [4.78, 5) is 11.5. The molecule has 1 aliphatic rings. The van der Waals surface area contributed by atoms with Crippen LogP contribution >= 0.6 is 0 Å². The van der Waals surface area contributed by atoms with E-state index in [1.165, 1.54) is 19.3 Å². The Balaban J connectivity index is 2.20. The zero-order valence-corrected chi connectivity index (χ0v) is 9.20. The van der Waals surface area contributed by atoms with Gasteiger partial charge in [0.2, 0.25) is 0 Å². The topological polar surface area (TPSA) is 34.0 Å². The van der Waals surface area contributed by atoms with Crippen molar-refractivity contribution in [2.24, 2.45) is 7.05 Å². The highest BCUT2D eigenvalue weighted by Gasteiger charge is 2.13. The van der Waals surface area contributed by atoms with Crippen LogP contribution in [-0.4, -0.2) is 11.1 Å². The molecule has 15 heavy (non-hydrogen) atoms. The molecule has 1 atom stereocenters.